The van der Waals surface area contributed by atoms with Gasteiger partial charge < -0.3 is 11.1 Å². The van der Waals surface area contributed by atoms with Gasteiger partial charge in [-0.3, -0.25) is 4.79 Å². The van der Waals surface area contributed by atoms with Gasteiger partial charge in [0, 0.05) is 6.54 Å². The molecule has 1 aliphatic carbocycles. The number of carbonyl (C=O) groups is 1. The molecule has 1 aromatic rings. The third kappa shape index (κ3) is 2.61. The fourth-order valence-electron chi connectivity index (χ4n) is 1.61. The number of carbonyl (C=O) groups excluding carboxylic acids is 1. The van der Waals surface area contributed by atoms with E-state index in [1.807, 2.05) is 30.3 Å². The molecular weight excluding hydrogens is 200 g/mol. The van der Waals surface area contributed by atoms with Crippen molar-refractivity contribution in [3.05, 3.63) is 35.9 Å². The Morgan fingerprint density at radius 2 is 2.06 bits per heavy atom. The molecule has 0 saturated heterocycles. The summed E-state index contributed by atoms with van der Waals surface area (Å²) >= 11 is 0. The summed E-state index contributed by atoms with van der Waals surface area (Å²) in [6.07, 6.45) is 2.40. The minimum Gasteiger partial charge on any atom is -0.354 e. The van der Waals surface area contributed by atoms with Crippen molar-refractivity contribution in [2.45, 2.75) is 25.8 Å². The molecule has 1 fully saturated rings. The zero-order valence-electron chi connectivity index (χ0n) is 9.57. The van der Waals surface area contributed by atoms with Crippen LogP contribution >= 0.6 is 0 Å². The normalized spacial score (nSPS) is 18.9. The van der Waals surface area contributed by atoms with E-state index in [-0.39, 0.29) is 5.91 Å². The molecule has 0 spiro atoms. The third-order valence-electron chi connectivity index (χ3n) is 3.23. The predicted octanol–water partition coefficient (Wildman–Crippen LogP) is 1.60. The summed E-state index contributed by atoms with van der Waals surface area (Å²) in [5, 5.41) is 2.92. The van der Waals surface area contributed by atoms with E-state index in [1.54, 1.807) is 0 Å². The highest BCUT2D eigenvalue weighted by Crippen LogP contribution is 2.44. The first-order chi connectivity index (χ1) is 7.61. The van der Waals surface area contributed by atoms with E-state index in [0.717, 1.165) is 12.1 Å². The van der Waals surface area contributed by atoms with Crippen LogP contribution in [0.5, 0.6) is 0 Å². The molecule has 0 unspecified atom stereocenters. The Balaban J connectivity index is 1.89. The summed E-state index contributed by atoms with van der Waals surface area (Å²) in [5.74, 6) is -0.0840. The minimum absolute atomic E-state index is 0.0840. The Kier molecular flexibility index (Phi) is 2.97. The zero-order valence-corrected chi connectivity index (χ0v) is 9.57. The van der Waals surface area contributed by atoms with Gasteiger partial charge in [0.15, 0.2) is 0 Å². The lowest BCUT2D eigenvalue weighted by Gasteiger charge is -2.15. The minimum atomic E-state index is -0.552. The molecular formula is C13H18N2O. The van der Waals surface area contributed by atoms with Crippen LogP contribution in [0, 0.1) is 5.41 Å². The Labute approximate surface area is 96.0 Å². The van der Waals surface area contributed by atoms with Gasteiger partial charge in [0.1, 0.15) is 6.04 Å². The number of amides is 1. The molecule has 1 atom stereocenters. The van der Waals surface area contributed by atoms with Crippen molar-refractivity contribution in [3.8, 4) is 0 Å². The average Bonchev–Trinajstić information content (AvgIpc) is 3.05. The third-order valence-corrected chi connectivity index (χ3v) is 3.23. The summed E-state index contributed by atoms with van der Waals surface area (Å²) in [7, 11) is 0. The Morgan fingerprint density at radius 1 is 1.44 bits per heavy atom. The zero-order chi connectivity index (χ0) is 11.6. The topological polar surface area (TPSA) is 55.1 Å². The van der Waals surface area contributed by atoms with Gasteiger partial charge in [-0.25, -0.2) is 0 Å². The van der Waals surface area contributed by atoms with Gasteiger partial charge in [0.05, 0.1) is 0 Å². The number of rotatable bonds is 4. The summed E-state index contributed by atoms with van der Waals surface area (Å²) in [6.45, 7) is 2.92. The number of hydrogen-bond donors (Lipinski definition) is 2. The van der Waals surface area contributed by atoms with Crippen LogP contribution in [-0.4, -0.2) is 12.5 Å². The Hall–Kier alpha value is -1.35. The maximum atomic E-state index is 11.8. The number of nitrogens with two attached hydrogens (primary N) is 1. The summed E-state index contributed by atoms with van der Waals surface area (Å²) < 4.78 is 0. The molecule has 0 bridgehead atoms. The highest BCUT2D eigenvalue weighted by atomic mass is 16.2. The molecule has 3 heteroatoms. The molecule has 3 nitrogen and oxygen atoms in total. The van der Waals surface area contributed by atoms with Gasteiger partial charge in [-0.15, -0.1) is 0 Å². The van der Waals surface area contributed by atoms with Gasteiger partial charge in [0.25, 0.3) is 0 Å². The fraction of sp³-hybridized carbons (Fsp3) is 0.462. The average molecular weight is 218 g/mol. The van der Waals surface area contributed by atoms with Crippen LogP contribution in [0.15, 0.2) is 30.3 Å². The maximum absolute atomic E-state index is 11.8. The first-order valence-corrected chi connectivity index (χ1v) is 5.69. The van der Waals surface area contributed by atoms with E-state index in [1.165, 1.54) is 12.8 Å². The molecule has 86 valence electrons. The highest BCUT2D eigenvalue weighted by molar-refractivity contribution is 5.82. The molecule has 0 aromatic heterocycles. The molecule has 0 radical (unpaired) electrons. The SMILES string of the molecule is CC1(CNC(=O)[C@@H](N)c2ccccc2)CC1. The van der Waals surface area contributed by atoms with Gasteiger partial charge in [-0.2, -0.15) is 0 Å². The number of benzene rings is 1. The smallest absolute Gasteiger partial charge is 0.241 e. The second kappa shape index (κ2) is 4.26. The largest absolute Gasteiger partial charge is 0.354 e. The van der Waals surface area contributed by atoms with E-state index in [0.29, 0.717) is 5.41 Å². The summed E-state index contributed by atoms with van der Waals surface area (Å²) in [5.41, 5.74) is 7.06. The van der Waals surface area contributed by atoms with E-state index in [4.69, 9.17) is 5.73 Å². The van der Waals surface area contributed by atoms with Gasteiger partial charge in [-0.05, 0) is 23.8 Å². The van der Waals surface area contributed by atoms with Crippen molar-refractivity contribution < 1.29 is 4.79 Å². The van der Waals surface area contributed by atoms with Crippen molar-refractivity contribution in [1.82, 2.24) is 5.32 Å². The summed E-state index contributed by atoms with van der Waals surface area (Å²) in [6, 6.07) is 8.91. The molecule has 1 saturated carbocycles. The van der Waals surface area contributed by atoms with E-state index in [9.17, 15) is 4.79 Å². The van der Waals surface area contributed by atoms with Crippen molar-refractivity contribution in [1.29, 1.82) is 0 Å². The Bertz CT molecular complexity index is 371. The van der Waals surface area contributed by atoms with Crippen molar-refractivity contribution in [2.24, 2.45) is 11.1 Å². The molecule has 0 aliphatic heterocycles. The van der Waals surface area contributed by atoms with Crippen molar-refractivity contribution in [2.75, 3.05) is 6.54 Å². The predicted molar refractivity (Wildman–Crippen MR) is 63.7 cm³/mol. The van der Waals surface area contributed by atoms with Gasteiger partial charge in [0.2, 0.25) is 5.91 Å². The van der Waals surface area contributed by atoms with Crippen LogP contribution in [0.3, 0.4) is 0 Å². The lowest BCUT2D eigenvalue weighted by Crippen LogP contribution is -2.36. The number of nitrogens with one attached hydrogen (secondary N) is 1. The first kappa shape index (κ1) is 11.1. The molecule has 16 heavy (non-hydrogen) atoms. The fourth-order valence-corrected chi connectivity index (χ4v) is 1.61. The van der Waals surface area contributed by atoms with Gasteiger partial charge in [-0.1, -0.05) is 37.3 Å². The lowest BCUT2D eigenvalue weighted by molar-refractivity contribution is -0.122. The van der Waals surface area contributed by atoms with Gasteiger partial charge >= 0.3 is 0 Å². The maximum Gasteiger partial charge on any atom is 0.241 e. The van der Waals surface area contributed by atoms with Crippen LogP contribution < -0.4 is 11.1 Å². The Morgan fingerprint density at radius 3 is 2.62 bits per heavy atom. The van der Waals surface area contributed by atoms with E-state index < -0.39 is 6.04 Å². The monoisotopic (exact) mass is 218 g/mol. The van der Waals surface area contributed by atoms with Crippen LogP contribution in [0.1, 0.15) is 31.4 Å². The van der Waals surface area contributed by atoms with Crippen LogP contribution in [0.4, 0.5) is 0 Å². The lowest BCUT2D eigenvalue weighted by atomic mass is 10.1. The van der Waals surface area contributed by atoms with E-state index in [2.05, 4.69) is 12.2 Å². The molecule has 1 amide bonds. The highest BCUT2D eigenvalue weighted by Gasteiger charge is 2.37. The molecule has 1 aliphatic rings. The molecule has 2 rings (SSSR count). The number of hydrogen-bond acceptors (Lipinski definition) is 2. The second-order valence-corrected chi connectivity index (χ2v) is 4.92. The van der Waals surface area contributed by atoms with E-state index >= 15 is 0 Å². The molecule has 1 aromatic carbocycles. The molecule has 3 N–H and O–H groups in total. The summed E-state index contributed by atoms with van der Waals surface area (Å²) in [4.78, 5) is 11.8. The first-order valence-electron chi connectivity index (χ1n) is 5.69. The van der Waals surface area contributed by atoms with Crippen LogP contribution in [-0.2, 0) is 4.79 Å². The van der Waals surface area contributed by atoms with Crippen LogP contribution in [0.2, 0.25) is 0 Å². The van der Waals surface area contributed by atoms with Crippen molar-refractivity contribution >= 4 is 5.91 Å². The van der Waals surface area contributed by atoms with Crippen molar-refractivity contribution in [3.63, 3.8) is 0 Å². The molecule has 0 heterocycles. The van der Waals surface area contributed by atoms with Crippen LogP contribution in [0.25, 0.3) is 0 Å². The quantitative estimate of drug-likeness (QED) is 0.806. The second-order valence-electron chi connectivity index (χ2n) is 4.92. The standard InChI is InChI=1S/C13H18N2O/c1-13(7-8-13)9-15-12(16)11(14)10-5-3-2-4-6-10/h2-6,11H,7-9,14H2,1H3,(H,15,16)/t11-/m0/s1.